The van der Waals surface area contributed by atoms with Crippen molar-refractivity contribution in [3.8, 4) is 11.4 Å². The molecular weight excluding hydrogens is 535 g/mol. The van der Waals surface area contributed by atoms with Crippen molar-refractivity contribution in [1.29, 1.82) is 0 Å². The van der Waals surface area contributed by atoms with E-state index in [1.165, 1.54) is 23.9 Å². The molecule has 0 saturated carbocycles. The summed E-state index contributed by atoms with van der Waals surface area (Å²) in [5.41, 5.74) is 3.44. The molecule has 0 unspecified atom stereocenters. The lowest BCUT2D eigenvalue weighted by Gasteiger charge is -2.18. The molecule has 180 valence electrons. The molecule has 7 nitrogen and oxygen atoms in total. The number of ether oxygens (including phenoxy) is 1. The Balaban J connectivity index is 1.67. The van der Waals surface area contributed by atoms with E-state index >= 15 is 0 Å². The van der Waals surface area contributed by atoms with Gasteiger partial charge in [0.2, 0.25) is 6.54 Å². The number of nitro groups is 1. The second-order valence-electron chi connectivity index (χ2n) is 7.92. The van der Waals surface area contributed by atoms with Gasteiger partial charge in [0.1, 0.15) is 29.2 Å². The molecule has 4 rings (SSSR count). The first-order valence-corrected chi connectivity index (χ1v) is 12.4. The highest BCUT2D eigenvalue weighted by Gasteiger charge is 2.27. The standard InChI is InChI=1S/C25H22BrFN4O3S/c1-16-3-10-21(11-4-16)31-17(2)28-29-25(31)35-24(14-30(32)33)22-13-19(26)7-12-23(22)34-15-18-5-8-20(27)9-6-18/h3-13,24H,14-15H2,1-2H3/t24-/m1/s1. The number of hydrogen-bond acceptors (Lipinski definition) is 6. The summed E-state index contributed by atoms with van der Waals surface area (Å²) in [7, 11) is 0. The Hall–Kier alpha value is -3.24. The second-order valence-corrected chi connectivity index (χ2v) is 10.0. The van der Waals surface area contributed by atoms with Crippen molar-refractivity contribution in [2.75, 3.05) is 6.54 Å². The summed E-state index contributed by atoms with van der Waals surface area (Å²) in [5.74, 6) is 0.863. The van der Waals surface area contributed by atoms with Gasteiger partial charge >= 0.3 is 0 Å². The van der Waals surface area contributed by atoms with Crippen molar-refractivity contribution >= 4 is 27.7 Å². The van der Waals surface area contributed by atoms with Crippen LogP contribution < -0.4 is 4.74 Å². The van der Waals surface area contributed by atoms with Gasteiger partial charge in [-0.3, -0.25) is 14.7 Å². The maximum atomic E-state index is 13.2. The van der Waals surface area contributed by atoms with Crippen molar-refractivity contribution in [1.82, 2.24) is 14.8 Å². The van der Waals surface area contributed by atoms with Crippen molar-refractivity contribution in [2.45, 2.75) is 30.9 Å². The molecule has 4 aromatic rings. The topological polar surface area (TPSA) is 83.1 Å². The fourth-order valence-corrected chi connectivity index (χ4v) is 5.09. The first-order valence-electron chi connectivity index (χ1n) is 10.7. The third-order valence-electron chi connectivity index (χ3n) is 5.28. The van der Waals surface area contributed by atoms with Crippen LogP contribution >= 0.6 is 27.7 Å². The molecule has 35 heavy (non-hydrogen) atoms. The molecule has 0 fully saturated rings. The van der Waals surface area contributed by atoms with E-state index in [1.54, 1.807) is 18.2 Å². The van der Waals surface area contributed by atoms with Gasteiger partial charge in [-0.15, -0.1) is 10.2 Å². The van der Waals surface area contributed by atoms with Gasteiger partial charge < -0.3 is 4.74 Å². The van der Waals surface area contributed by atoms with Crippen LogP contribution in [0.5, 0.6) is 5.75 Å². The van der Waals surface area contributed by atoms with E-state index in [1.807, 2.05) is 54.8 Å². The number of thioether (sulfide) groups is 1. The third-order valence-corrected chi connectivity index (χ3v) is 6.93. The first kappa shape index (κ1) is 24.9. The molecule has 1 aromatic heterocycles. The molecule has 3 aromatic carbocycles. The van der Waals surface area contributed by atoms with Gasteiger partial charge in [-0.05, 0) is 61.9 Å². The molecule has 0 spiro atoms. The molecule has 0 aliphatic carbocycles. The van der Waals surface area contributed by atoms with Crippen LogP contribution in [0.2, 0.25) is 0 Å². The summed E-state index contributed by atoms with van der Waals surface area (Å²) in [6, 6.07) is 19.3. The van der Waals surface area contributed by atoms with Crippen LogP contribution in [-0.2, 0) is 6.61 Å². The predicted octanol–water partition coefficient (Wildman–Crippen LogP) is 6.47. The highest BCUT2D eigenvalue weighted by molar-refractivity contribution is 9.10. The normalized spacial score (nSPS) is 11.9. The molecule has 1 atom stereocenters. The van der Waals surface area contributed by atoms with Gasteiger partial charge in [0.25, 0.3) is 0 Å². The molecule has 0 amide bonds. The Kier molecular flexibility index (Phi) is 7.82. The zero-order chi connectivity index (χ0) is 24.9. The molecule has 0 saturated heterocycles. The average Bonchev–Trinajstić information content (AvgIpc) is 3.19. The minimum Gasteiger partial charge on any atom is -0.489 e. The Morgan fingerprint density at radius 1 is 1.09 bits per heavy atom. The number of nitrogens with zero attached hydrogens (tertiary/aromatic N) is 4. The molecule has 0 aliphatic rings. The Morgan fingerprint density at radius 2 is 1.80 bits per heavy atom. The van der Waals surface area contributed by atoms with E-state index in [4.69, 9.17) is 4.74 Å². The minimum absolute atomic E-state index is 0.198. The van der Waals surface area contributed by atoms with Crippen LogP contribution in [0.1, 0.15) is 27.8 Å². The SMILES string of the molecule is Cc1ccc(-n2c(C)nnc2S[C@H](C[N+](=O)[O-])c2cc(Br)ccc2OCc2ccc(F)cc2)cc1. The lowest BCUT2D eigenvalue weighted by Crippen LogP contribution is -2.12. The monoisotopic (exact) mass is 556 g/mol. The third kappa shape index (κ3) is 6.26. The highest BCUT2D eigenvalue weighted by atomic mass is 79.9. The summed E-state index contributed by atoms with van der Waals surface area (Å²) in [5, 5.41) is 20.1. The van der Waals surface area contributed by atoms with E-state index in [0.717, 1.165) is 21.3 Å². The summed E-state index contributed by atoms with van der Waals surface area (Å²) in [6.07, 6.45) is 0. The van der Waals surface area contributed by atoms with Gasteiger partial charge in [-0.2, -0.15) is 0 Å². The Morgan fingerprint density at radius 3 is 2.49 bits per heavy atom. The zero-order valence-electron chi connectivity index (χ0n) is 19.0. The van der Waals surface area contributed by atoms with E-state index in [0.29, 0.717) is 22.3 Å². The van der Waals surface area contributed by atoms with E-state index in [9.17, 15) is 14.5 Å². The number of hydrogen-bond donors (Lipinski definition) is 0. The average molecular weight is 557 g/mol. The summed E-state index contributed by atoms with van der Waals surface area (Å²) >= 11 is 4.73. The molecule has 1 heterocycles. The Bertz CT molecular complexity index is 1330. The number of aromatic nitrogens is 3. The quantitative estimate of drug-likeness (QED) is 0.133. The number of rotatable bonds is 9. The van der Waals surface area contributed by atoms with Crippen molar-refractivity contribution < 1.29 is 14.1 Å². The van der Waals surface area contributed by atoms with Gasteiger partial charge in [-0.25, -0.2) is 4.39 Å². The minimum atomic E-state index is -0.599. The summed E-state index contributed by atoms with van der Waals surface area (Å²) < 4.78 is 21.9. The van der Waals surface area contributed by atoms with Gasteiger partial charge in [0.15, 0.2) is 5.16 Å². The first-order chi connectivity index (χ1) is 16.8. The maximum Gasteiger partial charge on any atom is 0.220 e. The van der Waals surface area contributed by atoms with E-state index in [-0.39, 0.29) is 23.9 Å². The molecule has 0 radical (unpaired) electrons. The second kappa shape index (κ2) is 11.0. The molecule has 0 aliphatic heterocycles. The lowest BCUT2D eigenvalue weighted by molar-refractivity contribution is -0.479. The fraction of sp³-hybridized carbons (Fsp3) is 0.200. The van der Waals surface area contributed by atoms with Crippen LogP contribution in [0.15, 0.2) is 76.4 Å². The van der Waals surface area contributed by atoms with Crippen LogP contribution in [0.4, 0.5) is 4.39 Å². The summed E-state index contributed by atoms with van der Waals surface area (Å²) in [4.78, 5) is 11.3. The molecule has 10 heteroatoms. The van der Waals surface area contributed by atoms with Gasteiger partial charge in [0.05, 0.1) is 0 Å². The smallest absolute Gasteiger partial charge is 0.220 e. The fourth-order valence-electron chi connectivity index (χ4n) is 3.52. The molecule has 0 bridgehead atoms. The van der Waals surface area contributed by atoms with E-state index in [2.05, 4.69) is 26.1 Å². The number of halogens is 2. The van der Waals surface area contributed by atoms with Crippen LogP contribution in [0.3, 0.4) is 0 Å². The van der Waals surface area contributed by atoms with Crippen molar-refractivity contribution in [2.24, 2.45) is 0 Å². The van der Waals surface area contributed by atoms with Crippen LogP contribution in [0, 0.1) is 29.8 Å². The van der Waals surface area contributed by atoms with Crippen LogP contribution in [-0.4, -0.2) is 26.2 Å². The van der Waals surface area contributed by atoms with Crippen molar-refractivity contribution in [3.05, 3.63) is 110 Å². The zero-order valence-corrected chi connectivity index (χ0v) is 21.4. The lowest BCUT2D eigenvalue weighted by atomic mass is 10.1. The Labute approximate surface area is 214 Å². The van der Waals surface area contributed by atoms with Crippen molar-refractivity contribution in [3.63, 3.8) is 0 Å². The molecular formula is C25H22BrFN4O3S. The summed E-state index contributed by atoms with van der Waals surface area (Å²) in [6.45, 7) is 3.71. The van der Waals surface area contributed by atoms with E-state index < -0.39 is 5.25 Å². The predicted molar refractivity (Wildman–Crippen MR) is 136 cm³/mol. The number of benzene rings is 3. The van der Waals surface area contributed by atoms with Gasteiger partial charge in [-0.1, -0.05) is 57.5 Å². The molecule has 0 N–H and O–H groups in total. The van der Waals surface area contributed by atoms with Crippen LogP contribution in [0.25, 0.3) is 5.69 Å². The van der Waals surface area contributed by atoms with Gasteiger partial charge in [0, 0.05) is 20.6 Å². The largest absolute Gasteiger partial charge is 0.489 e. The highest BCUT2D eigenvalue weighted by Crippen LogP contribution is 2.41. The number of aryl methyl sites for hydroxylation is 2. The maximum absolute atomic E-state index is 13.2.